The lowest BCUT2D eigenvalue weighted by Crippen LogP contribution is -2.25. The molecule has 2 heterocycles. The smallest absolute Gasteiger partial charge is 0.131 e. The molecular weight excluding hydrogens is 264 g/mol. The third-order valence-electron chi connectivity index (χ3n) is 3.54. The van der Waals surface area contributed by atoms with E-state index in [2.05, 4.69) is 48.2 Å². The molecule has 0 fully saturated rings. The summed E-state index contributed by atoms with van der Waals surface area (Å²) in [6.07, 6.45) is 3.96. The molecule has 0 saturated carbocycles. The average molecular weight is 290 g/mol. The van der Waals surface area contributed by atoms with Crippen molar-refractivity contribution in [3.05, 3.63) is 29.2 Å². The van der Waals surface area contributed by atoms with Crippen LogP contribution in [0.3, 0.4) is 0 Å². The number of aryl methyl sites for hydroxylation is 3. The zero-order valence-electron chi connectivity index (χ0n) is 13.9. The van der Waals surface area contributed by atoms with E-state index in [0.29, 0.717) is 6.04 Å². The van der Waals surface area contributed by atoms with E-state index in [-0.39, 0.29) is 0 Å². The Morgan fingerprint density at radius 1 is 1.33 bits per heavy atom. The van der Waals surface area contributed by atoms with Crippen LogP contribution in [-0.2, 0) is 27.2 Å². The molecule has 6 nitrogen and oxygen atoms in total. The predicted molar refractivity (Wildman–Crippen MR) is 85.2 cm³/mol. The Labute approximate surface area is 126 Å². The van der Waals surface area contributed by atoms with E-state index in [1.165, 1.54) is 11.1 Å². The maximum Gasteiger partial charge on any atom is 0.131 e. The molecule has 1 N–H and O–H groups in total. The van der Waals surface area contributed by atoms with Crippen molar-refractivity contribution in [2.24, 2.45) is 14.1 Å². The van der Waals surface area contributed by atoms with E-state index < -0.39 is 0 Å². The monoisotopic (exact) mass is 290 g/mol. The molecule has 6 heteroatoms. The van der Waals surface area contributed by atoms with Gasteiger partial charge in [-0.05, 0) is 6.92 Å². The molecule has 2 aromatic heterocycles. The molecule has 0 aliphatic heterocycles. The summed E-state index contributed by atoms with van der Waals surface area (Å²) in [5.74, 6) is 1.16. The van der Waals surface area contributed by atoms with Crippen LogP contribution in [0.25, 0.3) is 0 Å². The fourth-order valence-electron chi connectivity index (χ4n) is 2.58. The first-order valence-corrected chi connectivity index (χ1v) is 7.33. The van der Waals surface area contributed by atoms with Gasteiger partial charge in [-0.25, -0.2) is 0 Å². The largest absolute Gasteiger partial charge is 0.355 e. The molecular formula is C15H26N6. The molecule has 116 valence electrons. The van der Waals surface area contributed by atoms with E-state index >= 15 is 0 Å². The Balaban J connectivity index is 2.20. The number of nitrogens with zero attached hydrogens (tertiary/aromatic N) is 5. The molecule has 0 atom stereocenters. The molecule has 0 aromatic carbocycles. The Bertz CT molecular complexity index is 595. The van der Waals surface area contributed by atoms with Crippen molar-refractivity contribution in [3.8, 4) is 0 Å². The van der Waals surface area contributed by atoms with Crippen molar-refractivity contribution in [2.45, 2.75) is 39.9 Å². The van der Waals surface area contributed by atoms with Gasteiger partial charge in [-0.1, -0.05) is 13.8 Å². The van der Waals surface area contributed by atoms with Gasteiger partial charge in [0, 0.05) is 57.6 Å². The Hall–Kier alpha value is -1.82. The second kappa shape index (κ2) is 6.30. The van der Waals surface area contributed by atoms with E-state index in [9.17, 15) is 0 Å². The highest BCUT2D eigenvalue weighted by atomic mass is 15.4. The van der Waals surface area contributed by atoms with Gasteiger partial charge in [0.15, 0.2) is 0 Å². The third kappa shape index (κ3) is 3.64. The summed E-state index contributed by atoms with van der Waals surface area (Å²) in [6, 6.07) is 0.459. The van der Waals surface area contributed by atoms with Gasteiger partial charge in [0.2, 0.25) is 0 Å². The van der Waals surface area contributed by atoms with Gasteiger partial charge in [-0.2, -0.15) is 10.2 Å². The van der Waals surface area contributed by atoms with Crippen LogP contribution >= 0.6 is 0 Å². The highest BCUT2D eigenvalue weighted by Gasteiger charge is 2.17. The molecule has 2 aromatic rings. The zero-order valence-corrected chi connectivity index (χ0v) is 13.9. The molecule has 0 unspecified atom stereocenters. The van der Waals surface area contributed by atoms with Gasteiger partial charge >= 0.3 is 0 Å². The van der Waals surface area contributed by atoms with Crippen molar-refractivity contribution in [1.82, 2.24) is 24.9 Å². The van der Waals surface area contributed by atoms with Crippen LogP contribution in [0.2, 0.25) is 0 Å². The SMILES string of the molecule is Cc1nn(C)c(N(C)Cc2cnn(C)c2)c1CNC(C)C. The van der Waals surface area contributed by atoms with E-state index in [4.69, 9.17) is 0 Å². The van der Waals surface area contributed by atoms with Crippen LogP contribution in [-0.4, -0.2) is 32.7 Å². The maximum absolute atomic E-state index is 4.57. The number of hydrogen-bond acceptors (Lipinski definition) is 4. The fraction of sp³-hybridized carbons (Fsp3) is 0.600. The van der Waals surface area contributed by atoms with Crippen LogP contribution in [0.5, 0.6) is 0 Å². The van der Waals surface area contributed by atoms with Crippen molar-refractivity contribution < 1.29 is 0 Å². The quantitative estimate of drug-likeness (QED) is 0.878. The van der Waals surface area contributed by atoms with Crippen LogP contribution in [0, 0.1) is 6.92 Å². The minimum absolute atomic E-state index is 0.459. The minimum atomic E-state index is 0.459. The summed E-state index contributed by atoms with van der Waals surface area (Å²) >= 11 is 0. The second-order valence-electron chi connectivity index (χ2n) is 5.93. The Kier molecular flexibility index (Phi) is 4.67. The summed E-state index contributed by atoms with van der Waals surface area (Å²) < 4.78 is 3.79. The lowest BCUT2D eigenvalue weighted by atomic mass is 10.2. The lowest BCUT2D eigenvalue weighted by molar-refractivity contribution is 0.586. The topological polar surface area (TPSA) is 50.9 Å². The number of anilines is 1. The fourth-order valence-corrected chi connectivity index (χ4v) is 2.58. The second-order valence-corrected chi connectivity index (χ2v) is 5.93. The van der Waals surface area contributed by atoms with Crippen molar-refractivity contribution >= 4 is 5.82 Å². The highest BCUT2D eigenvalue weighted by molar-refractivity contribution is 5.49. The Morgan fingerprint density at radius 2 is 2.05 bits per heavy atom. The number of hydrogen-bond donors (Lipinski definition) is 1. The molecule has 0 bridgehead atoms. The third-order valence-corrected chi connectivity index (χ3v) is 3.54. The van der Waals surface area contributed by atoms with Gasteiger partial charge < -0.3 is 10.2 Å². The summed E-state index contributed by atoms with van der Waals surface area (Å²) in [5, 5.41) is 12.3. The number of aromatic nitrogens is 4. The van der Waals surface area contributed by atoms with E-state index in [0.717, 1.165) is 24.6 Å². The van der Waals surface area contributed by atoms with Gasteiger partial charge in [0.1, 0.15) is 5.82 Å². The van der Waals surface area contributed by atoms with Gasteiger partial charge in [0.25, 0.3) is 0 Å². The summed E-state index contributed by atoms with van der Waals surface area (Å²) in [7, 11) is 6.04. The molecule has 0 radical (unpaired) electrons. The maximum atomic E-state index is 4.57. The van der Waals surface area contributed by atoms with Gasteiger partial charge in [-0.15, -0.1) is 0 Å². The molecule has 0 aliphatic rings. The standard InChI is InChI=1S/C15H26N6/c1-11(2)16-8-14-12(3)18-21(6)15(14)19(4)9-13-7-17-20(5)10-13/h7,10-11,16H,8-9H2,1-6H3. The van der Waals surface area contributed by atoms with Crippen molar-refractivity contribution in [2.75, 3.05) is 11.9 Å². The molecule has 21 heavy (non-hydrogen) atoms. The van der Waals surface area contributed by atoms with Gasteiger partial charge in [-0.3, -0.25) is 9.36 Å². The minimum Gasteiger partial charge on any atom is -0.355 e. The van der Waals surface area contributed by atoms with Gasteiger partial charge in [0.05, 0.1) is 11.9 Å². The van der Waals surface area contributed by atoms with Crippen LogP contribution in [0.4, 0.5) is 5.82 Å². The van der Waals surface area contributed by atoms with Crippen molar-refractivity contribution in [1.29, 1.82) is 0 Å². The lowest BCUT2D eigenvalue weighted by Gasteiger charge is -2.21. The first-order chi connectivity index (χ1) is 9.88. The zero-order chi connectivity index (χ0) is 15.6. The van der Waals surface area contributed by atoms with Crippen LogP contribution in [0.1, 0.15) is 30.7 Å². The summed E-state index contributed by atoms with van der Waals surface area (Å²) in [5.41, 5.74) is 3.54. The van der Waals surface area contributed by atoms with E-state index in [1.807, 2.05) is 35.9 Å². The molecule has 0 aliphatic carbocycles. The van der Waals surface area contributed by atoms with Crippen LogP contribution in [0.15, 0.2) is 12.4 Å². The first kappa shape index (κ1) is 15.6. The highest BCUT2D eigenvalue weighted by Crippen LogP contribution is 2.23. The predicted octanol–water partition coefficient (Wildman–Crippen LogP) is 1.60. The molecule has 0 amide bonds. The van der Waals surface area contributed by atoms with Crippen LogP contribution < -0.4 is 10.2 Å². The molecule has 0 spiro atoms. The normalized spacial score (nSPS) is 11.4. The molecule has 0 saturated heterocycles. The molecule has 2 rings (SSSR count). The summed E-state index contributed by atoms with van der Waals surface area (Å²) in [4.78, 5) is 2.23. The number of rotatable bonds is 6. The Morgan fingerprint density at radius 3 is 2.62 bits per heavy atom. The first-order valence-electron chi connectivity index (χ1n) is 7.33. The number of nitrogens with one attached hydrogen (secondary N) is 1. The average Bonchev–Trinajstić information content (AvgIpc) is 2.90. The summed E-state index contributed by atoms with van der Waals surface area (Å²) in [6.45, 7) is 8.04. The van der Waals surface area contributed by atoms with Crippen molar-refractivity contribution in [3.63, 3.8) is 0 Å². The van der Waals surface area contributed by atoms with E-state index in [1.54, 1.807) is 0 Å².